The normalized spacial score (nSPS) is 18.6. The molecule has 2 heterocycles. The van der Waals surface area contributed by atoms with E-state index in [0.717, 1.165) is 29.5 Å². The zero-order valence-electron chi connectivity index (χ0n) is 11.3. The number of benzene rings is 1. The quantitative estimate of drug-likeness (QED) is 0.914. The van der Waals surface area contributed by atoms with Gasteiger partial charge in [-0.1, -0.05) is 0 Å². The Labute approximate surface area is 125 Å². The highest BCUT2D eigenvalue weighted by atomic mass is 32.1. The Kier molecular flexibility index (Phi) is 3.90. The van der Waals surface area contributed by atoms with Crippen molar-refractivity contribution in [1.82, 2.24) is 0 Å². The van der Waals surface area contributed by atoms with E-state index < -0.39 is 5.97 Å². The molecule has 0 saturated carbocycles. The molecule has 5 nitrogen and oxygen atoms in total. The van der Waals surface area contributed by atoms with Crippen LogP contribution in [0.5, 0.6) is 0 Å². The van der Waals surface area contributed by atoms with Crippen molar-refractivity contribution >= 4 is 39.0 Å². The minimum absolute atomic E-state index is 0.0391. The van der Waals surface area contributed by atoms with E-state index in [9.17, 15) is 9.59 Å². The smallest absolute Gasteiger partial charge is 0.345 e. The molecular weight excluding hydrogens is 290 g/mol. The highest BCUT2D eigenvalue weighted by molar-refractivity contribution is 7.20. The van der Waals surface area contributed by atoms with Crippen LogP contribution in [0, 0.1) is 5.92 Å². The van der Waals surface area contributed by atoms with Crippen LogP contribution in [0.3, 0.4) is 0 Å². The van der Waals surface area contributed by atoms with E-state index in [-0.39, 0.29) is 11.8 Å². The standard InChI is InChI=1S/C15H15NO4S/c17-14(9-2-1-5-20-8-9)16-11-3-4-12-10(6-11)7-13(21-12)15(18)19/h3-4,6-7,9H,1-2,5,8H2,(H,16,17)(H,18,19). The number of carbonyl (C=O) groups excluding carboxylic acids is 1. The monoisotopic (exact) mass is 305 g/mol. The molecule has 1 aliphatic rings. The van der Waals surface area contributed by atoms with Crippen LogP contribution in [-0.4, -0.2) is 30.2 Å². The molecule has 1 saturated heterocycles. The second-order valence-electron chi connectivity index (χ2n) is 5.07. The molecule has 2 N–H and O–H groups in total. The number of carboxylic acid groups (broad SMARTS) is 1. The number of nitrogens with one attached hydrogen (secondary N) is 1. The summed E-state index contributed by atoms with van der Waals surface area (Å²) in [6.07, 6.45) is 1.75. The molecule has 0 radical (unpaired) electrons. The first-order valence-electron chi connectivity index (χ1n) is 6.79. The van der Waals surface area contributed by atoms with Gasteiger partial charge in [-0.3, -0.25) is 4.79 Å². The maximum Gasteiger partial charge on any atom is 0.345 e. The number of carbonyl (C=O) groups is 2. The van der Waals surface area contributed by atoms with Crippen molar-refractivity contribution in [3.8, 4) is 0 Å². The summed E-state index contributed by atoms with van der Waals surface area (Å²) in [7, 11) is 0. The molecule has 0 bridgehead atoms. The summed E-state index contributed by atoms with van der Waals surface area (Å²) < 4.78 is 6.21. The van der Waals surface area contributed by atoms with Crippen LogP contribution >= 0.6 is 11.3 Å². The Morgan fingerprint density at radius 2 is 2.19 bits per heavy atom. The summed E-state index contributed by atoms with van der Waals surface area (Å²) in [4.78, 5) is 23.4. The summed E-state index contributed by atoms with van der Waals surface area (Å²) in [5, 5.41) is 12.7. The number of amides is 1. The number of aromatic carboxylic acids is 1. The molecule has 1 amide bonds. The molecule has 110 valence electrons. The van der Waals surface area contributed by atoms with Crippen molar-refractivity contribution in [1.29, 1.82) is 0 Å². The second-order valence-corrected chi connectivity index (χ2v) is 6.16. The van der Waals surface area contributed by atoms with Gasteiger partial charge in [0.1, 0.15) is 4.88 Å². The third kappa shape index (κ3) is 3.06. The first-order valence-corrected chi connectivity index (χ1v) is 7.60. The molecule has 0 aliphatic carbocycles. The van der Waals surface area contributed by atoms with E-state index >= 15 is 0 Å². The minimum Gasteiger partial charge on any atom is -0.477 e. The van der Waals surface area contributed by atoms with Crippen molar-refractivity contribution < 1.29 is 19.4 Å². The topological polar surface area (TPSA) is 75.6 Å². The lowest BCUT2D eigenvalue weighted by Gasteiger charge is -2.21. The molecule has 6 heteroatoms. The average molecular weight is 305 g/mol. The maximum atomic E-state index is 12.1. The van der Waals surface area contributed by atoms with E-state index in [1.54, 1.807) is 18.2 Å². The Bertz CT molecular complexity index is 688. The van der Waals surface area contributed by atoms with Gasteiger partial charge in [0.05, 0.1) is 12.5 Å². The number of ether oxygens (including phenoxy) is 1. The minimum atomic E-state index is -0.930. The second kappa shape index (κ2) is 5.83. The predicted octanol–water partition coefficient (Wildman–Crippen LogP) is 2.96. The lowest BCUT2D eigenvalue weighted by atomic mass is 10.0. The zero-order chi connectivity index (χ0) is 14.8. The van der Waals surface area contributed by atoms with Gasteiger partial charge in [-0.15, -0.1) is 11.3 Å². The van der Waals surface area contributed by atoms with Crippen LogP contribution in [0.2, 0.25) is 0 Å². The van der Waals surface area contributed by atoms with Gasteiger partial charge in [-0.25, -0.2) is 4.79 Å². The molecule has 2 aromatic rings. The van der Waals surface area contributed by atoms with E-state index in [1.807, 2.05) is 6.07 Å². The molecule has 1 aromatic heterocycles. The van der Waals surface area contributed by atoms with Crippen LogP contribution < -0.4 is 5.32 Å². The Hall–Kier alpha value is -1.92. The van der Waals surface area contributed by atoms with Gasteiger partial charge in [0.25, 0.3) is 0 Å². The van der Waals surface area contributed by atoms with Gasteiger partial charge in [0.2, 0.25) is 5.91 Å². The summed E-state index contributed by atoms with van der Waals surface area (Å²) in [5.41, 5.74) is 0.688. The summed E-state index contributed by atoms with van der Waals surface area (Å²) in [5.74, 6) is -1.07. The van der Waals surface area contributed by atoms with Gasteiger partial charge < -0.3 is 15.2 Å². The largest absolute Gasteiger partial charge is 0.477 e. The van der Waals surface area contributed by atoms with Crippen molar-refractivity contribution in [3.63, 3.8) is 0 Å². The number of anilines is 1. The van der Waals surface area contributed by atoms with E-state index in [4.69, 9.17) is 9.84 Å². The summed E-state index contributed by atoms with van der Waals surface area (Å²) in [6, 6.07) is 7.06. The van der Waals surface area contributed by atoms with Crippen molar-refractivity contribution in [3.05, 3.63) is 29.1 Å². The molecular formula is C15H15NO4S. The van der Waals surface area contributed by atoms with Crippen molar-refractivity contribution in [2.75, 3.05) is 18.5 Å². The zero-order valence-corrected chi connectivity index (χ0v) is 12.1. The third-order valence-corrected chi connectivity index (χ3v) is 4.63. The van der Waals surface area contributed by atoms with Crippen LogP contribution in [0.15, 0.2) is 24.3 Å². The van der Waals surface area contributed by atoms with Gasteiger partial charge in [-0.05, 0) is 42.5 Å². The lowest BCUT2D eigenvalue weighted by Crippen LogP contribution is -2.30. The highest BCUT2D eigenvalue weighted by Gasteiger charge is 2.21. The Balaban J connectivity index is 1.77. The Morgan fingerprint density at radius 3 is 2.90 bits per heavy atom. The molecule has 1 atom stereocenters. The summed E-state index contributed by atoms with van der Waals surface area (Å²) >= 11 is 1.23. The molecule has 1 fully saturated rings. The van der Waals surface area contributed by atoms with E-state index in [0.29, 0.717) is 17.2 Å². The number of fused-ring (bicyclic) bond motifs is 1. The molecule has 0 spiro atoms. The van der Waals surface area contributed by atoms with Gasteiger partial charge in [0, 0.05) is 17.0 Å². The van der Waals surface area contributed by atoms with Gasteiger partial charge in [0.15, 0.2) is 0 Å². The van der Waals surface area contributed by atoms with Crippen LogP contribution in [-0.2, 0) is 9.53 Å². The van der Waals surface area contributed by atoms with Crippen molar-refractivity contribution in [2.45, 2.75) is 12.8 Å². The summed E-state index contributed by atoms with van der Waals surface area (Å²) in [6.45, 7) is 1.19. The highest BCUT2D eigenvalue weighted by Crippen LogP contribution is 2.28. The number of hydrogen-bond acceptors (Lipinski definition) is 4. The fraction of sp³-hybridized carbons (Fsp3) is 0.333. The third-order valence-electron chi connectivity index (χ3n) is 3.53. The fourth-order valence-electron chi connectivity index (χ4n) is 2.42. The molecule has 1 unspecified atom stereocenters. The van der Waals surface area contributed by atoms with Crippen LogP contribution in [0.4, 0.5) is 5.69 Å². The molecule has 3 rings (SSSR count). The fourth-order valence-corrected chi connectivity index (χ4v) is 3.30. The first kappa shape index (κ1) is 14.0. The SMILES string of the molecule is O=C(O)c1cc2cc(NC(=O)C3CCCOC3)ccc2s1. The van der Waals surface area contributed by atoms with Crippen LogP contribution in [0.25, 0.3) is 10.1 Å². The predicted molar refractivity (Wildman–Crippen MR) is 81.0 cm³/mol. The van der Waals surface area contributed by atoms with Gasteiger partial charge in [-0.2, -0.15) is 0 Å². The number of thiophene rings is 1. The number of carboxylic acids is 1. The van der Waals surface area contributed by atoms with E-state index in [1.165, 1.54) is 11.3 Å². The average Bonchev–Trinajstić information content (AvgIpc) is 2.91. The van der Waals surface area contributed by atoms with E-state index in [2.05, 4.69) is 5.32 Å². The number of rotatable bonds is 3. The Morgan fingerprint density at radius 1 is 1.33 bits per heavy atom. The maximum absolute atomic E-state index is 12.1. The lowest BCUT2D eigenvalue weighted by molar-refractivity contribution is -0.123. The molecule has 1 aromatic carbocycles. The van der Waals surface area contributed by atoms with Crippen LogP contribution in [0.1, 0.15) is 22.5 Å². The molecule has 21 heavy (non-hydrogen) atoms. The molecule has 1 aliphatic heterocycles. The number of hydrogen-bond donors (Lipinski definition) is 2. The van der Waals surface area contributed by atoms with Gasteiger partial charge >= 0.3 is 5.97 Å². The van der Waals surface area contributed by atoms with Crippen molar-refractivity contribution in [2.24, 2.45) is 5.92 Å². The first-order chi connectivity index (χ1) is 10.1.